The van der Waals surface area contributed by atoms with Crippen molar-refractivity contribution in [1.82, 2.24) is 0 Å². The second-order valence-electron chi connectivity index (χ2n) is 4.65. The number of hydrogen-bond donors (Lipinski definition) is 2. The molecule has 5 nitrogen and oxygen atoms in total. The van der Waals surface area contributed by atoms with Crippen LogP contribution in [0.15, 0.2) is 51.6 Å². The van der Waals surface area contributed by atoms with E-state index in [1.165, 1.54) is 6.07 Å². The van der Waals surface area contributed by atoms with Gasteiger partial charge in [0.05, 0.1) is 10.7 Å². The molecule has 2 rings (SSSR count). The molecule has 0 unspecified atom stereocenters. The molecule has 0 amide bonds. The molecule has 0 aliphatic carbocycles. The number of nitrogens with zero attached hydrogens (tertiary/aromatic N) is 3. The number of rotatable bonds is 6. The molecule has 120 valence electrons. The monoisotopic (exact) mass is 351 g/mol. The molecule has 7 heteroatoms. The second-order valence-corrected chi connectivity index (χ2v) is 5.49. The van der Waals surface area contributed by atoms with Crippen LogP contribution in [-0.4, -0.2) is 29.6 Å². The summed E-state index contributed by atoms with van der Waals surface area (Å²) in [6.45, 7) is 0.571. The highest BCUT2D eigenvalue weighted by Gasteiger charge is 2.02. The van der Waals surface area contributed by atoms with Gasteiger partial charge < -0.3 is 10.2 Å². The lowest BCUT2D eigenvalue weighted by Gasteiger charge is -2.01. The fourth-order valence-electron chi connectivity index (χ4n) is 1.71. The van der Waals surface area contributed by atoms with Crippen molar-refractivity contribution in [3.63, 3.8) is 0 Å². The summed E-state index contributed by atoms with van der Waals surface area (Å²) in [5, 5.41) is 27.6. The maximum Gasteiger partial charge on any atom is 0.124 e. The molecule has 0 fully saturated rings. The van der Waals surface area contributed by atoms with Crippen molar-refractivity contribution < 1.29 is 10.2 Å². The second kappa shape index (κ2) is 8.62. The Morgan fingerprint density at radius 2 is 1.87 bits per heavy atom. The number of azo groups is 1. The molecule has 0 atom stereocenters. The lowest BCUT2D eigenvalue weighted by Crippen LogP contribution is -1.89. The Labute approximate surface area is 143 Å². The van der Waals surface area contributed by atoms with Crippen LogP contribution in [0.4, 0.5) is 11.4 Å². The Bertz CT molecular complexity index is 733. The maximum absolute atomic E-state index is 9.80. The van der Waals surface area contributed by atoms with Gasteiger partial charge in [0.25, 0.3) is 0 Å². The van der Waals surface area contributed by atoms with Gasteiger partial charge in [0.15, 0.2) is 0 Å². The Kier molecular flexibility index (Phi) is 6.52. The van der Waals surface area contributed by atoms with E-state index in [2.05, 4.69) is 15.2 Å². The average Bonchev–Trinajstić information content (AvgIpc) is 2.53. The van der Waals surface area contributed by atoms with Crippen LogP contribution in [0.3, 0.4) is 0 Å². The van der Waals surface area contributed by atoms with E-state index in [9.17, 15) is 5.11 Å². The maximum atomic E-state index is 9.80. The van der Waals surface area contributed by atoms with Crippen LogP contribution >= 0.6 is 23.2 Å². The summed E-state index contributed by atoms with van der Waals surface area (Å²) in [5.41, 5.74) is 1.58. The smallest absolute Gasteiger partial charge is 0.124 e. The minimum atomic E-state index is 0.0828. The lowest BCUT2D eigenvalue weighted by atomic mass is 10.2. The first-order valence-electron chi connectivity index (χ1n) is 6.90. The fourth-order valence-corrected chi connectivity index (χ4v) is 2.15. The van der Waals surface area contributed by atoms with E-state index in [1.807, 2.05) is 0 Å². The van der Waals surface area contributed by atoms with Gasteiger partial charge in [-0.1, -0.05) is 23.2 Å². The van der Waals surface area contributed by atoms with E-state index in [0.29, 0.717) is 39.9 Å². The van der Waals surface area contributed by atoms with Crippen LogP contribution in [0.5, 0.6) is 5.75 Å². The summed E-state index contributed by atoms with van der Waals surface area (Å²) < 4.78 is 0. The lowest BCUT2D eigenvalue weighted by molar-refractivity contribution is 0.291. The van der Waals surface area contributed by atoms with Crippen LogP contribution < -0.4 is 0 Å². The van der Waals surface area contributed by atoms with Gasteiger partial charge in [-0.05, 0) is 42.8 Å². The minimum Gasteiger partial charge on any atom is -0.507 e. The van der Waals surface area contributed by atoms with E-state index in [4.69, 9.17) is 28.3 Å². The zero-order valence-electron chi connectivity index (χ0n) is 12.2. The van der Waals surface area contributed by atoms with Gasteiger partial charge in [0, 0.05) is 30.0 Å². The molecule has 2 N–H and O–H groups in total. The van der Waals surface area contributed by atoms with Gasteiger partial charge in [0.1, 0.15) is 11.4 Å². The summed E-state index contributed by atoms with van der Waals surface area (Å²) >= 11 is 11.9. The zero-order chi connectivity index (χ0) is 16.7. The number of aliphatic hydroxyl groups excluding tert-OH is 1. The molecule has 0 heterocycles. The van der Waals surface area contributed by atoms with Gasteiger partial charge >= 0.3 is 0 Å². The molecule has 0 spiro atoms. The quantitative estimate of drug-likeness (QED) is 0.440. The van der Waals surface area contributed by atoms with Crippen molar-refractivity contribution in [3.8, 4) is 5.75 Å². The summed E-state index contributed by atoms with van der Waals surface area (Å²) in [5.74, 6) is 0.0984. The number of aliphatic hydroxyl groups is 1. The van der Waals surface area contributed by atoms with Crippen molar-refractivity contribution >= 4 is 40.8 Å². The van der Waals surface area contributed by atoms with E-state index in [1.54, 1.807) is 36.5 Å². The highest BCUT2D eigenvalue weighted by atomic mass is 35.5. The van der Waals surface area contributed by atoms with Crippen molar-refractivity contribution in [3.05, 3.63) is 52.0 Å². The first-order chi connectivity index (χ1) is 11.1. The predicted octanol–water partition coefficient (Wildman–Crippen LogP) is 4.92. The standard InChI is InChI=1S/C16H15Cl2N3O2/c17-12-2-4-15(14(18)9-12)21-20-13-3-5-16(23)11(8-13)10-19-6-1-7-22/h2-5,8-10,22-23H,1,6-7H2. The van der Waals surface area contributed by atoms with Crippen molar-refractivity contribution in [2.24, 2.45) is 15.2 Å². The third-order valence-corrected chi connectivity index (χ3v) is 3.41. The molecule has 0 saturated heterocycles. The van der Waals surface area contributed by atoms with E-state index in [-0.39, 0.29) is 12.4 Å². The van der Waals surface area contributed by atoms with E-state index < -0.39 is 0 Å². The topological polar surface area (TPSA) is 77.5 Å². The van der Waals surface area contributed by atoms with Crippen LogP contribution in [0.25, 0.3) is 0 Å². The Morgan fingerprint density at radius 3 is 2.61 bits per heavy atom. The van der Waals surface area contributed by atoms with Crippen LogP contribution in [0, 0.1) is 0 Å². The number of phenols is 1. The molecular formula is C16H15Cl2N3O2. The zero-order valence-corrected chi connectivity index (χ0v) is 13.7. The highest BCUT2D eigenvalue weighted by molar-refractivity contribution is 6.36. The summed E-state index contributed by atoms with van der Waals surface area (Å²) in [6.07, 6.45) is 2.12. The minimum absolute atomic E-state index is 0.0828. The summed E-state index contributed by atoms with van der Waals surface area (Å²) in [7, 11) is 0. The summed E-state index contributed by atoms with van der Waals surface area (Å²) in [6, 6.07) is 9.75. The average molecular weight is 352 g/mol. The van der Waals surface area contributed by atoms with Crippen molar-refractivity contribution in [2.45, 2.75) is 6.42 Å². The van der Waals surface area contributed by atoms with Gasteiger partial charge in [-0.25, -0.2) is 0 Å². The number of benzene rings is 2. The first-order valence-corrected chi connectivity index (χ1v) is 7.66. The van der Waals surface area contributed by atoms with Crippen molar-refractivity contribution in [2.75, 3.05) is 13.2 Å². The number of hydrogen-bond acceptors (Lipinski definition) is 5. The normalized spacial score (nSPS) is 11.6. The Morgan fingerprint density at radius 1 is 1.04 bits per heavy atom. The number of aliphatic imine (C=N–C) groups is 1. The van der Waals surface area contributed by atoms with Crippen LogP contribution in [0.2, 0.25) is 10.0 Å². The predicted molar refractivity (Wildman–Crippen MR) is 92.9 cm³/mol. The Hall–Kier alpha value is -1.95. The molecule has 2 aromatic rings. The highest BCUT2D eigenvalue weighted by Crippen LogP contribution is 2.30. The van der Waals surface area contributed by atoms with Gasteiger partial charge in [-0.3, -0.25) is 4.99 Å². The van der Waals surface area contributed by atoms with Crippen LogP contribution in [0.1, 0.15) is 12.0 Å². The molecule has 0 radical (unpaired) electrons. The fraction of sp³-hybridized carbons (Fsp3) is 0.188. The molecule has 0 bridgehead atoms. The molecule has 0 aromatic heterocycles. The summed E-state index contributed by atoms with van der Waals surface area (Å²) in [4.78, 5) is 4.12. The molecule has 0 aliphatic heterocycles. The molecular weight excluding hydrogens is 337 g/mol. The number of halogens is 2. The molecule has 0 aliphatic rings. The molecule has 2 aromatic carbocycles. The molecule has 23 heavy (non-hydrogen) atoms. The number of aromatic hydroxyl groups is 1. The third kappa shape index (κ3) is 5.32. The van der Waals surface area contributed by atoms with E-state index >= 15 is 0 Å². The van der Waals surface area contributed by atoms with Gasteiger partial charge in [0.2, 0.25) is 0 Å². The first kappa shape index (κ1) is 17.4. The third-order valence-electron chi connectivity index (χ3n) is 2.87. The van der Waals surface area contributed by atoms with Gasteiger partial charge in [-0.2, -0.15) is 5.11 Å². The van der Waals surface area contributed by atoms with E-state index in [0.717, 1.165) is 0 Å². The number of phenolic OH excluding ortho intramolecular Hbond substituents is 1. The van der Waals surface area contributed by atoms with Crippen LogP contribution in [-0.2, 0) is 0 Å². The SMILES string of the molecule is OCCCN=Cc1cc(N=Nc2ccc(Cl)cc2Cl)ccc1O. The molecule has 0 saturated carbocycles. The van der Waals surface area contributed by atoms with Crippen molar-refractivity contribution in [1.29, 1.82) is 0 Å². The Balaban J connectivity index is 2.17. The van der Waals surface area contributed by atoms with Gasteiger partial charge in [-0.15, -0.1) is 5.11 Å². The largest absolute Gasteiger partial charge is 0.507 e.